The van der Waals surface area contributed by atoms with Crippen LogP contribution in [0.2, 0.25) is 0 Å². The van der Waals surface area contributed by atoms with Gasteiger partial charge in [0, 0.05) is 11.5 Å². The molecule has 7 aliphatic rings. The molecule has 8 unspecified atom stereocenters. The molecule has 2 aliphatic heterocycles. The van der Waals surface area contributed by atoms with E-state index in [-0.39, 0.29) is 23.3 Å². The number of cyclic esters (lactones) is 1. The molecule has 4 fully saturated rings. The Bertz CT molecular complexity index is 1470. The first kappa shape index (κ1) is 26.7. The van der Waals surface area contributed by atoms with E-state index in [1.807, 2.05) is 6.07 Å². The second-order valence-corrected chi connectivity index (χ2v) is 14.1. The number of allylic oxidation sites excluding steroid dienone is 6. The van der Waals surface area contributed by atoms with Crippen LogP contribution in [0.4, 0.5) is 0 Å². The summed E-state index contributed by atoms with van der Waals surface area (Å²) in [6.45, 7) is 2.73. The molecule has 5 nitrogen and oxygen atoms in total. The van der Waals surface area contributed by atoms with Crippen LogP contribution in [0.3, 0.4) is 0 Å². The van der Waals surface area contributed by atoms with Crippen molar-refractivity contribution in [1.29, 1.82) is 0 Å². The topological polar surface area (TPSA) is 78.6 Å². The van der Waals surface area contributed by atoms with E-state index < -0.39 is 16.4 Å². The number of rotatable bonds is 6. The highest BCUT2D eigenvalue weighted by Crippen LogP contribution is 2.84. The maximum atomic E-state index is 14.2. The summed E-state index contributed by atoms with van der Waals surface area (Å²) in [5.41, 5.74) is 6.37. The number of hydrogen-bond acceptors (Lipinski definition) is 5. The van der Waals surface area contributed by atoms with E-state index in [4.69, 9.17) is 15.2 Å². The lowest BCUT2D eigenvalue weighted by Crippen LogP contribution is -2.75. The van der Waals surface area contributed by atoms with E-state index in [9.17, 15) is 9.59 Å². The van der Waals surface area contributed by atoms with Crippen molar-refractivity contribution >= 4 is 11.9 Å². The van der Waals surface area contributed by atoms with E-state index in [0.29, 0.717) is 23.9 Å². The first-order valence-electron chi connectivity index (χ1n) is 16.5. The third-order valence-electron chi connectivity index (χ3n) is 12.7. The number of esters is 2. The predicted molar refractivity (Wildman–Crippen MR) is 161 cm³/mol. The molecule has 42 heavy (non-hydrogen) atoms. The van der Waals surface area contributed by atoms with Crippen molar-refractivity contribution in [2.24, 2.45) is 45.7 Å². The number of benzene rings is 1. The van der Waals surface area contributed by atoms with Crippen molar-refractivity contribution in [3.05, 3.63) is 83.2 Å². The van der Waals surface area contributed by atoms with Gasteiger partial charge in [-0.2, -0.15) is 0 Å². The van der Waals surface area contributed by atoms with Crippen molar-refractivity contribution < 1.29 is 19.1 Å². The predicted octanol–water partition coefficient (Wildman–Crippen LogP) is 7.08. The van der Waals surface area contributed by atoms with Crippen molar-refractivity contribution in [3.8, 4) is 0 Å². The van der Waals surface area contributed by atoms with Gasteiger partial charge in [0.25, 0.3) is 0 Å². The highest BCUT2D eigenvalue weighted by atomic mass is 16.6. The number of nitrogens with two attached hydrogens (primary N) is 1. The van der Waals surface area contributed by atoms with Crippen LogP contribution < -0.4 is 5.73 Å². The molecule has 1 aromatic carbocycles. The van der Waals surface area contributed by atoms with Gasteiger partial charge >= 0.3 is 11.9 Å². The fourth-order valence-corrected chi connectivity index (χ4v) is 11.2. The minimum absolute atomic E-state index is 0.149. The van der Waals surface area contributed by atoms with Gasteiger partial charge in [-0.1, -0.05) is 68.0 Å². The van der Waals surface area contributed by atoms with E-state index in [1.54, 1.807) is 0 Å². The zero-order valence-corrected chi connectivity index (χ0v) is 24.8. The number of fused-ring (bicyclic) bond motifs is 2. The number of ether oxygens (including phenoxy) is 2. The number of carbonyl (C=O) groups excluding carboxylic acids is 2. The SMILES string of the molecule is CCCC1C23C=CCCC2(C(=CC2CCC4CCC5C=CC=CC54C2)OC3=O)C12OC(=O)c1c(CCCN)cccc12. The Morgan fingerprint density at radius 3 is 2.83 bits per heavy atom. The molecule has 8 atom stereocenters. The quantitative estimate of drug-likeness (QED) is 0.295. The Balaban J connectivity index is 1.28. The molecule has 0 bridgehead atoms. The lowest BCUT2D eigenvalue weighted by Gasteiger charge is -2.68. The summed E-state index contributed by atoms with van der Waals surface area (Å²) in [5, 5.41) is 0. The Morgan fingerprint density at radius 1 is 1.10 bits per heavy atom. The molecule has 2 spiro atoms. The smallest absolute Gasteiger partial charge is 0.339 e. The zero-order valence-electron chi connectivity index (χ0n) is 24.8. The van der Waals surface area contributed by atoms with E-state index in [2.05, 4.69) is 61.6 Å². The third kappa shape index (κ3) is 2.99. The van der Waals surface area contributed by atoms with Crippen LogP contribution in [-0.4, -0.2) is 18.5 Å². The standard InChI is InChI=1S/C37H43NO4/c1-2-9-29-35-19-5-6-20-36(35,37(29)28-13-7-10-25(11-8-21-38)31(28)32(39)42-37)30(41-33(35)40)22-24-14-15-27-17-16-26-12-3-4-18-34(26,27)23-24/h3-5,7,10,12-13,18-19,22,24,26-27,29H,2,6,8-9,11,14-17,20-21,23,38H2,1H3. The molecule has 1 aromatic rings. The lowest BCUT2D eigenvalue weighted by molar-refractivity contribution is -0.270. The van der Waals surface area contributed by atoms with Gasteiger partial charge in [-0.25, -0.2) is 4.79 Å². The number of carbonyl (C=O) groups is 2. The largest absolute Gasteiger partial charge is 0.449 e. The van der Waals surface area contributed by atoms with Gasteiger partial charge in [0.05, 0.1) is 11.0 Å². The van der Waals surface area contributed by atoms with Crippen LogP contribution >= 0.6 is 0 Å². The maximum Gasteiger partial charge on any atom is 0.339 e. The van der Waals surface area contributed by atoms with Gasteiger partial charge in [-0.05, 0) is 106 Å². The van der Waals surface area contributed by atoms with Crippen LogP contribution in [-0.2, 0) is 26.3 Å². The summed E-state index contributed by atoms with van der Waals surface area (Å²) >= 11 is 0. The Hall–Kier alpha value is -2.92. The van der Waals surface area contributed by atoms with Gasteiger partial charge in [0.15, 0.2) is 5.60 Å². The molecule has 0 amide bonds. The minimum Gasteiger partial charge on any atom is -0.449 e. The highest BCUT2D eigenvalue weighted by molar-refractivity contribution is 5.99. The Morgan fingerprint density at radius 2 is 1.98 bits per heavy atom. The van der Waals surface area contributed by atoms with Gasteiger partial charge < -0.3 is 15.2 Å². The van der Waals surface area contributed by atoms with E-state index in [0.717, 1.165) is 74.2 Å². The average Bonchev–Trinajstić information content (AvgIpc) is 3.61. The van der Waals surface area contributed by atoms with Crippen LogP contribution in [0.1, 0.15) is 92.6 Å². The van der Waals surface area contributed by atoms with Crippen LogP contribution in [0, 0.1) is 39.9 Å². The summed E-state index contributed by atoms with van der Waals surface area (Å²) in [7, 11) is 0. The summed E-state index contributed by atoms with van der Waals surface area (Å²) in [6.07, 6.45) is 26.9. The fourth-order valence-electron chi connectivity index (χ4n) is 11.2. The molecule has 5 heteroatoms. The van der Waals surface area contributed by atoms with Crippen molar-refractivity contribution in [2.75, 3.05) is 6.54 Å². The molecule has 2 N–H and O–H groups in total. The van der Waals surface area contributed by atoms with Gasteiger partial charge in [-0.15, -0.1) is 0 Å². The van der Waals surface area contributed by atoms with Crippen molar-refractivity contribution in [3.63, 3.8) is 0 Å². The van der Waals surface area contributed by atoms with E-state index in [1.165, 1.54) is 19.3 Å². The summed E-state index contributed by atoms with van der Waals surface area (Å²) < 4.78 is 13.2. The normalized spacial score (nSPS) is 43.0. The molecule has 220 valence electrons. The molecule has 1 saturated heterocycles. The van der Waals surface area contributed by atoms with Gasteiger partial charge in [0.2, 0.25) is 0 Å². The lowest BCUT2D eigenvalue weighted by atomic mass is 9.32. The van der Waals surface area contributed by atoms with Gasteiger partial charge in [-0.3, -0.25) is 4.79 Å². The number of aryl methyl sites for hydroxylation is 1. The van der Waals surface area contributed by atoms with Gasteiger partial charge in [0.1, 0.15) is 11.2 Å². The molecule has 3 saturated carbocycles. The van der Waals surface area contributed by atoms with Crippen LogP contribution in [0.25, 0.3) is 0 Å². The molecule has 0 radical (unpaired) electrons. The molecule has 8 rings (SSSR count). The third-order valence-corrected chi connectivity index (χ3v) is 12.7. The summed E-state index contributed by atoms with van der Waals surface area (Å²) in [6, 6.07) is 6.21. The summed E-state index contributed by atoms with van der Waals surface area (Å²) in [4.78, 5) is 28.1. The second kappa shape index (κ2) is 9.29. The number of hydrogen-bond donors (Lipinski definition) is 1. The Kier molecular flexibility index (Phi) is 5.90. The molecule has 5 aliphatic carbocycles. The highest BCUT2D eigenvalue weighted by Gasteiger charge is 2.90. The van der Waals surface area contributed by atoms with Crippen LogP contribution in [0.15, 0.2) is 66.5 Å². The molecule has 2 heterocycles. The first-order chi connectivity index (χ1) is 20.5. The maximum absolute atomic E-state index is 14.2. The second-order valence-electron chi connectivity index (χ2n) is 14.1. The first-order valence-corrected chi connectivity index (χ1v) is 16.5. The molecular formula is C37H43NO4. The minimum atomic E-state index is -0.893. The van der Waals surface area contributed by atoms with Crippen LogP contribution in [0.5, 0.6) is 0 Å². The zero-order chi connectivity index (χ0) is 28.7. The summed E-state index contributed by atoms with van der Waals surface area (Å²) in [5.74, 6) is 1.89. The van der Waals surface area contributed by atoms with Crippen molar-refractivity contribution in [1.82, 2.24) is 0 Å². The average molecular weight is 566 g/mol. The molecular weight excluding hydrogens is 522 g/mol. The molecule has 0 aromatic heterocycles. The van der Waals surface area contributed by atoms with Crippen molar-refractivity contribution in [2.45, 2.75) is 83.2 Å². The van der Waals surface area contributed by atoms with E-state index >= 15 is 0 Å². The fraction of sp³-hybridized carbons (Fsp3) is 0.568. The Labute approximate surface area is 249 Å². The monoisotopic (exact) mass is 565 g/mol.